The molecule has 1 aliphatic rings. The predicted molar refractivity (Wildman–Crippen MR) is 80.5 cm³/mol. The average molecular weight is 284 g/mol. The van der Waals surface area contributed by atoms with Crippen molar-refractivity contribution < 1.29 is 0 Å². The molecule has 0 saturated heterocycles. The Morgan fingerprint density at radius 2 is 2.05 bits per heavy atom. The van der Waals surface area contributed by atoms with E-state index >= 15 is 0 Å². The van der Waals surface area contributed by atoms with Crippen molar-refractivity contribution in [3.63, 3.8) is 0 Å². The summed E-state index contributed by atoms with van der Waals surface area (Å²) in [6, 6.07) is 14.1. The summed E-state index contributed by atoms with van der Waals surface area (Å²) in [5.41, 5.74) is 5.21. The summed E-state index contributed by atoms with van der Waals surface area (Å²) in [5, 5.41) is 16.2. The van der Waals surface area contributed by atoms with Gasteiger partial charge >= 0.3 is 0 Å². The molecule has 1 aliphatic heterocycles. The zero-order chi connectivity index (χ0) is 13.9. The molecule has 2 aromatic rings. The fourth-order valence-corrected chi connectivity index (χ4v) is 2.66. The third-order valence-electron chi connectivity index (χ3n) is 3.51. The van der Waals surface area contributed by atoms with Gasteiger partial charge in [-0.15, -0.1) is 0 Å². The largest absolute Gasteiger partial charge is 0.380 e. The summed E-state index contributed by atoms with van der Waals surface area (Å²) in [4.78, 5) is 0. The maximum atomic E-state index is 9.14. The Balaban J connectivity index is 1.77. The average Bonchev–Trinajstić information content (AvgIpc) is 2.92. The molecule has 0 spiro atoms. The second-order valence-electron chi connectivity index (χ2n) is 4.83. The van der Waals surface area contributed by atoms with Gasteiger partial charge in [-0.3, -0.25) is 0 Å². The topological polar surface area (TPSA) is 47.9 Å². The Morgan fingerprint density at radius 1 is 1.20 bits per heavy atom. The molecule has 100 valence electrons. The summed E-state index contributed by atoms with van der Waals surface area (Å²) < 4.78 is 0. The third kappa shape index (κ3) is 2.49. The van der Waals surface area contributed by atoms with E-state index in [4.69, 9.17) is 16.9 Å². The van der Waals surface area contributed by atoms with Crippen molar-refractivity contribution in [2.24, 2.45) is 0 Å². The normalized spacial score (nSPS) is 12.8. The van der Waals surface area contributed by atoms with Gasteiger partial charge in [0.15, 0.2) is 0 Å². The van der Waals surface area contributed by atoms with Gasteiger partial charge in [-0.05, 0) is 28.8 Å². The molecule has 0 bridgehead atoms. The number of nitrogens with zero attached hydrogens (tertiary/aromatic N) is 1. The maximum Gasteiger partial charge on any atom is 0.103 e. The van der Waals surface area contributed by atoms with Gasteiger partial charge in [-0.25, -0.2) is 0 Å². The summed E-state index contributed by atoms with van der Waals surface area (Å²) in [6.07, 6.45) is 0. The predicted octanol–water partition coefficient (Wildman–Crippen LogP) is 3.43. The van der Waals surface area contributed by atoms with Gasteiger partial charge in [0, 0.05) is 19.6 Å². The highest BCUT2D eigenvalue weighted by Gasteiger charge is 2.10. The summed E-state index contributed by atoms with van der Waals surface area (Å²) >= 11 is 6.02. The van der Waals surface area contributed by atoms with Crippen LogP contribution in [-0.4, -0.2) is 0 Å². The molecule has 0 saturated carbocycles. The van der Waals surface area contributed by atoms with Crippen molar-refractivity contribution in [2.45, 2.75) is 19.6 Å². The summed E-state index contributed by atoms with van der Waals surface area (Å²) in [5.74, 6) is 0. The third-order valence-corrected chi connectivity index (χ3v) is 3.82. The van der Waals surface area contributed by atoms with E-state index in [9.17, 15) is 0 Å². The van der Waals surface area contributed by atoms with Gasteiger partial charge in [0.05, 0.1) is 16.3 Å². The molecule has 0 aromatic heterocycles. The molecular weight excluding hydrogens is 270 g/mol. The van der Waals surface area contributed by atoms with Crippen LogP contribution in [0, 0.1) is 11.3 Å². The lowest BCUT2D eigenvalue weighted by Crippen LogP contribution is -2.02. The van der Waals surface area contributed by atoms with Crippen molar-refractivity contribution in [2.75, 3.05) is 5.32 Å². The lowest BCUT2D eigenvalue weighted by molar-refractivity contribution is 0.764. The standard InChI is InChI=1S/C16H14ClN3/c17-15-2-1-3-16(14(15)7-18)20-8-11-4-5-12-9-19-10-13(12)6-11/h1-6,19-20H,8-10H2. The van der Waals surface area contributed by atoms with Crippen LogP contribution in [0.2, 0.25) is 5.02 Å². The molecule has 3 rings (SSSR count). The lowest BCUT2D eigenvalue weighted by Gasteiger charge is -2.10. The quantitative estimate of drug-likeness (QED) is 0.907. The van der Waals surface area contributed by atoms with Gasteiger partial charge in [-0.2, -0.15) is 5.26 Å². The molecule has 0 amide bonds. The first-order valence-corrected chi connectivity index (χ1v) is 6.89. The Kier molecular flexibility index (Phi) is 3.60. The number of halogens is 1. The van der Waals surface area contributed by atoms with Gasteiger partial charge in [-0.1, -0.05) is 35.9 Å². The molecule has 0 unspecified atom stereocenters. The highest BCUT2D eigenvalue weighted by molar-refractivity contribution is 6.32. The van der Waals surface area contributed by atoms with Crippen LogP contribution < -0.4 is 10.6 Å². The van der Waals surface area contributed by atoms with Crippen molar-refractivity contribution in [3.8, 4) is 6.07 Å². The first-order valence-electron chi connectivity index (χ1n) is 6.52. The Morgan fingerprint density at radius 3 is 2.90 bits per heavy atom. The molecule has 2 aromatic carbocycles. The molecule has 20 heavy (non-hydrogen) atoms. The molecule has 0 fully saturated rings. The fraction of sp³-hybridized carbons (Fsp3) is 0.188. The minimum Gasteiger partial charge on any atom is -0.380 e. The number of anilines is 1. The second kappa shape index (κ2) is 5.54. The van der Waals surface area contributed by atoms with Crippen LogP contribution >= 0.6 is 11.6 Å². The molecule has 0 aliphatic carbocycles. The van der Waals surface area contributed by atoms with E-state index in [2.05, 4.69) is 34.9 Å². The minimum atomic E-state index is 0.482. The number of hydrogen-bond acceptors (Lipinski definition) is 3. The molecular formula is C16H14ClN3. The number of benzene rings is 2. The summed E-state index contributed by atoms with van der Waals surface area (Å²) in [6.45, 7) is 2.57. The number of fused-ring (bicyclic) bond motifs is 1. The van der Waals surface area contributed by atoms with E-state index in [0.717, 1.165) is 18.8 Å². The number of nitrogens with one attached hydrogen (secondary N) is 2. The number of nitriles is 1. The Hall–Kier alpha value is -2.02. The highest BCUT2D eigenvalue weighted by Crippen LogP contribution is 2.24. The summed E-state index contributed by atoms with van der Waals surface area (Å²) in [7, 11) is 0. The minimum absolute atomic E-state index is 0.482. The Bertz CT molecular complexity index is 689. The van der Waals surface area contributed by atoms with E-state index in [1.807, 2.05) is 12.1 Å². The zero-order valence-electron chi connectivity index (χ0n) is 10.9. The fourth-order valence-electron chi connectivity index (χ4n) is 2.44. The van der Waals surface area contributed by atoms with Gasteiger partial charge in [0.25, 0.3) is 0 Å². The van der Waals surface area contributed by atoms with Crippen molar-refractivity contribution in [3.05, 3.63) is 63.7 Å². The van der Waals surface area contributed by atoms with E-state index in [1.165, 1.54) is 16.7 Å². The SMILES string of the molecule is N#Cc1c(Cl)cccc1NCc1ccc2c(c1)CNC2. The van der Waals surface area contributed by atoms with Gasteiger partial charge in [0.2, 0.25) is 0 Å². The van der Waals surface area contributed by atoms with Crippen LogP contribution in [0.5, 0.6) is 0 Å². The molecule has 1 heterocycles. The van der Waals surface area contributed by atoms with Crippen LogP contribution in [0.3, 0.4) is 0 Å². The molecule has 0 radical (unpaired) electrons. The van der Waals surface area contributed by atoms with Crippen LogP contribution in [0.15, 0.2) is 36.4 Å². The lowest BCUT2D eigenvalue weighted by atomic mass is 10.1. The molecule has 0 atom stereocenters. The van der Waals surface area contributed by atoms with E-state index in [-0.39, 0.29) is 0 Å². The molecule has 4 heteroatoms. The van der Waals surface area contributed by atoms with Crippen molar-refractivity contribution in [1.82, 2.24) is 5.32 Å². The number of hydrogen-bond donors (Lipinski definition) is 2. The smallest absolute Gasteiger partial charge is 0.103 e. The zero-order valence-corrected chi connectivity index (χ0v) is 11.7. The van der Waals surface area contributed by atoms with Crippen LogP contribution in [0.4, 0.5) is 5.69 Å². The van der Waals surface area contributed by atoms with E-state index in [1.54, 1.807) is 6.07 Å². The van der Waals surface area contributed by atoms with Gasteiger partial charge < -0.3 is 10.6 Å². The van der Waals surface area contributed by atoms with Crippen LogP contribution in [0.1, 0.15) is 22.3 Å². The first kappa shape index (κ1) is 13.0. The Labute approximate surface area is 123 Å². The monoisotopic (exact) mass is 283 g/mol. The highest BCUT2D eigenvalue weighted by atomic mass is 35.5. The van der Waals surface area contributed by atoms with Gasteiger partial charge in [0.1, 0.15) is 6.07 Å². The number of rotatable bonds is 3. The van der Waals surface area contributed by atoms with E-state index < -0.39 is 0 Å². The second-order valence-corrected chi connectivity index (χ2v) is 5.24. The first-order chi connectivity index (χ1) is 9.78. The molecule has 2 N–H and O–H groups in total. The molecule has 3 nitrogen and oxygen atoms in total. The van der Waals surface area contributed by atoms with Crippen LogP contribution in [-0.2, 0) is 19.6 Å². The maximum absolute atomic E-state index is 9.14. The van der Waals surface area contributed by atoms with Crippen LogP contribution in [0.25, 0.3) is 0 Å². The van der Waals surface area contributed by atoms with Crippen molar-refractivity contribution >= 4 is 17.3 Å². The van der Waals surface area contributed by atoms with E-state index in [0.29, 0.717) is 17.1 Å². The van der Waals surface area contributed by atoms with Crippen molar-refractivity contribution in [1.29, 1.82) is 5.26 Å².